The molecule has 1 aliphatic carbocycles. The van der Waals surface area contributed by atoms with Crippen LogP contribution in [-0.2, 0) is 12.8 Å². The molecule has 0 bridgehead atoms. The van der Waals surface area contributed by atoms with Gasteiger partial charge in [-0.15, -0.1) is 16.4 Å². The van der Waals surface area contributed by atoms with E-state index in [1.165, 1.54) is 34.6 Å². The van der Waals surface area contributed by atoms with Crippen LogP contribution in [0.3, 0.4) is 0 Å². The summed E-state index contributed by atoms with van der Waals surface area (Å²) in [5.41, 5.74) is 7.67. The van der Waals surface area contributed by atoms with E-state index < -0.39 is 0 Å². The molecule has 2 aromatic rings. The van der Waals surface area contributed by atoms with Gasteiger partial charge in [-0.2, -0.15) is 4.98 Å². The molecule has 3 heterocycles. The topological polar surface area (TPSA) is 70.8 Å². The molecule has 0 spiro atoms. The zero-order valence-corrected chi connectivity index (χ0v) is 13.1. The maximum Gasteiger partial charge on any atom is 0.245 e. The number of nitrogens with one attached hydrogen (secondary N) is 1. The second kappa shape index (κ2) is 5.10. The molecule has 112 valence electrons. The van der Waals surface area contributed by atoms with E-state index in [0.29, 0.717) is 5.92 Å². The van der Waals surface area contributed by atoms with Crippen LogP contribution < -0.4 is 10.6 Å². The van der Waals surface area contributed by atoms with Gasteiger partial charge in [0.05, 0.1) is 4.88 Å². The van der Waals surface area contributed by atoms with Crippen molar-refractivity contribution in [1.82, 2.24) is 15.2 Å². The quantitative estimate of drug-likeness (QED) is 0.892. The Morgan fingerprint density at radius 2 is 2.33 bits per heavy atom. The molecule has 2 atom stereocenters. The van der Waals surface area contributed by atoms with Crippen molar-refractivity contribution in [1.29, 1.82) is 0 Å². The van der Waals surface area contributed by atoms with Gasteiger partial charge in [-0.05, 0) is 43.2 Å². The first-order valence-electron chi connectivity index (χ1n) is 7.75. The number of aryl methyl sites for hydroxylation is 2. The highest BCUT2D eigenvalue weighted by Crippen LogP contribution is 2.35. The summed E-state index contributed by atoms with van der Waals surface area (Å²) in [5, 5.41) is 7.50. The monoisotopic (exact) mass is 303 g/mol. The highest BCUT2D eigenvalue weighted by molar-refractivity contribution is 7.15. The van der Waals surface area contributed by atoms with E-state index >= 15 is 0 Å². The van der Waals surface area contributed by atoms with Crippen molar-refractivity contribution in [2.45, 2.75) is 38.6 Å². The van der Waals surface area contributed by atoms with E-state index in [9.17, 15) is 0 Å². The van der Waals surface area contributed by atoms with Crippen LogP contribution in [0.1, 0.15) is 30.2 Å². The summed E-state index contributed by atoms with van der Waals surface area (Å²) < 4.78 is 0. The first-order valence-corrected chi connectivity index (χ1v) is 8.57. The van der Waals surface area contributed by atoms with Crippen molar-refractivity contribution in [3.05, 3.63) is 16.5 Å². The fraction of sp³-hybridized carbons (Fsp3) is 0.600. The number of thiophene rings is 1. The van der Waals surface area contributed by atoms with Crippen LogP contribution in [0.2, 0.25) is 0 Å². The molecule has 6 heteroatoms. The Morgan fingerprint density at radius 3 is 3.14 bits per heavy atom. The molecule has 0 saturated carbocycles. The average Bonchev–Trinajstić information content (AvgIpc) is 3.14. The SMILES string of the molecule is CC1CCN(c2n[nH]c(-c3cc4c(s3)CCC4)n2)CC1N. The van der Waals surface area contributed by atoms with Gasteiger partial charge in [0, 0.05) is 24.0 Å². The lowest BCUT2D eigenvalue weighted by Gasteiger charge is -2.34. The number of piperidine rings is 1. The number of H-pyrrole nitrogens is 1. The number of hydrogen-bond acceptors (Lipinski definition) is 5. The van der Waals surface area contributed by atoms with Gasteiger partial charge in [0.25, 0.3) is 0 Å². The smallest absolute Gasteiger partial charge is 0.245 e. The fourth-order valence-electron chi connectivity index (χ4n) is 3.23. The third-order valence-corrected chi connectivity index (χ3v) is 6.00. The highest BCUT2D eigenvalue weighted by atomic mass is 32.1. The summed E-state index contributed by atoms with van der Waals surface area (Å²) in [6.07, 6.45) is 4.84. The summed E-state index contributed by atoms with van der Waals surface area (Å²) in [6.45, 7) is 4.06. The van der Waals surface area contributed by atoms with Crippen molar-refractivity contribution in [2.24, 2.45) is 11.7 Å². The lowest BCUT2D eigenvalue weighted by Crippen LogP contribution is -2.48. The van der Waals surface area contributed by atoms with Crippen LogP contribution in [0.5, 0.6) is 0 Å². The Kier molecular flexibility index (Phi) is 3.23. The molecule has 2 unspecified atom stereocenters. The maximum atomic E-state index is 6.17. The molecule has 2 aromatic heterocycles. The van der Waals surface area contributed by atoms with Gasteiger partial charge in [0.1, 0.15) is 0 Å². The summed E-state index contributed by atoms with van der Waals surface area (Å²) in [7, 11) is 0. The molecule has 21 heavy (non-hydrogen) atoms. The number of hydrogen-bond donors (Lipinski definition) is 2. The fourth-order valence-corrected chi connectivity index (χ4v) is 4.42. The third-order valence-electron chi connectivity index (χ3n) is 4.75. The second-order valence-electron chi connectivity index (χ2n) is 6.27. The number of aromatic nitrogens is 3. The van der Waals surface area contributed by atoms with E-state index in [-0.39, 0.29) is 6.04 Å². The number of fused-ring (bicyclic) bond motifs is 1. The Hall–Kier alpha value is -1.40. The Morgan fingerprint density at radius 1 is 1.43 bits per heavy atom. The van der Waals surface area contributed by atoms with Crippen LogP contribution in [0, 0.1) is 5.92 Å². The Labute approximate surface area is 128 Å². The molecule has 3 N–H and O–H groups in total. The van der Waals surface area contributed by atoms with Gasteiger partial charge in [-0.3, -0.25) is 5.10 Å². The Balaban J connectivity index is 1.55. The first kappa shape index (κ1) is 13.3. The summed E-state index contributed by atoms with van der Waals surface area (Å²) in [6, 6.07) is 2.49. The number of anilines is 1. The highest BCUT2D eigenvalue weighted by Gasteiger charge is 2.26. The van der Waals surface area contributed by atoms with E-state index in [0.717, 1.165) is 31.3 Å². The molecular weight excluding hydrogens is 282 g/mol. The predicted octanol–water partition coefficient (Wildman–Crippen LogP) is 2.20. The van der Waals surface area contributed by atoms with Gasteiger partial charge in [-0.25, -0.2) is 0 Å². The molecule has 1 aliphatic heterocycles. The number of nitrogens with two attached hydrogens (primary N) is 1. The lowest BCUT2D eigenvalue weighted by atomic mass is 9.95. The number of aromatic amines is 1. The van der Waals surface area contributed by atoms with Gasteiger partial charge in [0.2, 0.25) is 5.95 Å². The number of rotatable bonds is 2. The van der Waals surface area contributed by atoms with Crippen LogP contribution in [0.4, 0.5) is 5.95 Å². The normalized spacial score (nSPS) is 25.3. The van der Waals surface area contributed by atoms with Gasteiger partial charge in [0.15, 0.2) is 5.82 Å². The van der Waals surface area contributed by atoms with E-state index in [4.69, 9.17) is 10.7 Å². The van der Waals surface area contributed by atoms with Crippen molar-refractivity contribution in [3.63, 3.8) is 0 Å². The maximum absolute atomic E-state index is 6.17. The zero-order chi connectivity index (χ0) is 14.4. The molecule has 1 saturated heterocycles. The van der Waals surface area contributed by atoms with E-state index in [1.807, 2.05) is 11.3 Å². The predicted molar refractivity (Wildman–Crippen MR) is 85.7 cm³/mol. The molecular formula is C15H21N5S. The minimum absolute atomic E-state index is 0.214. The molecule has 4 rings (SSSR count). The molecule has 5 nitrogen and oxygen atoms in total. The molecule has 1 fully saturated rings. The second-order valence-corrected chi connectivity index (χ2v) is 7.41. The van der Waals surface area contributed by atoms with Gasteiger partial charge in [-0.1, -0.05) is 6.92 Å². The van der Waals surface area contributed by atoms with Crippen LogP contribution in [0.15, 0.2) is 6.07 Å². The van der Waals surface area contributed by atoms with Crippen LogP contribution in [-0.4, -0.2) is 34.3 Å². The molecule has 2 aliphatic rings. The zero-order valence-electron chi connectivity index (χ0n) is 12.3. The number of nitrogens with zero attached hydrogens (tertiary/aromatic N) is 3. The lowest BCUT2D eigenvalue weighted by molar-refractivity contribution is 0.376. The van der Waals surface area contributed by atoms with E-state index in [2.05, 4.69) is 28.1 Å². The van der Waals surface area contributed by atoms with Crippen molar-refractivity contribution in [3.8, 4) is 10.7 Å². The molecule has 0 radical (unpaired) electrons. The first-order chi connectivity index (χ1) is 10.2. The van der Waals surface area contributed by atoms with Gasteiger partial charge < -0.3 is 10.6 Å². The minimum Gasteiger partial charge on any atom is -0.338 e. The van der Waals surface area contributed by atoms with Crippen LogP contribution >= 0.6 is 11.3 Å². The van der Waals surface area contributed by atoms with Crippen molar-refractivity contribution in [2.75, 3.05) is 18.0 Å². The standard InChI is InChI=1S/C15H21N5S/c1-9-5-6-20(8-11(9)16)15-17-14(18-19-15)13-7-10-3-2-4-12(10)21-13/h7,9,11H,2-6,8,16H2,1H3,(H,17,18,19). The summed E-state index contributed by atoms with van der Waals surface area (Å²) in [4.78, 5) is 9.63. The van der Waals surface area contributed by atoms with Crippen molar-refractivity contribution < 1.29 is 0 Å². The Bertz CT molecular complexity index is 625. The summed E-state index contributed by atoms with van der Waals surface area (Å²) in [5.74, 6) is 2.28. The molecule has 0 amide bonds. The minimum atomic E-state index is 0.214. The average molecular weight is 303 g/mol. The van der Waals surface area contributed by atoms with Crippen LogP contribution in [0.25, 0.3) is 10.7 Å². The van der Waals surface area contributed by atoms with Crippen molar-refractivity contribution >= 4 is 17.3 Å². The van der Waals surface area contributed by atoms with E-state index in [1.54, 1.807) is 0 Å². The summed E-state index contributed by atoms with van der Waals surface area (Å²) >= 11 is 1.86. The third kappa shape index (κ3) is 2.36. The largest absolute Gasteiger partial charge is 0.338 e. The van der Waals surface area contributed by atoms with Gasteiger partial charge >= 0.3 is 0 Å². The molecule has 0 aromatic carbocycles.